The van der Waals surface area contributed by atoms with E-state index in [-0.39, 0.29) is 0 Å². The second-order valence-corrected chi connectivity index (χ2v) is 4.49. The van der Waals surface area contributed by atoms with Crippen LogP contribution in [-0.4, -0.2) is 20.2 Å². The molecule has 1 aromatic heterocycles. The largest absolute Gasteiger partial charge is 0.492 e. The second kappa shape index (κ2) is 3.99. The van der Waals surface area contributed by atoms with E-state index >= 15 is 0 Å². The second-order valence-electron chi connectivity index (χ2n) is 3.49. The zero-order valence-corrected chi connectivity index (χ0v) is 9.43. The van der Waals surface area contributed by atoms with Crippen molar-refractivity contribution in [1.29, 1.82) is 5.26 Å². The van der Waals surface area contributed by atoms with E-state index in [4.69, 9.17) is 15.7 Å². The molecule has 15 heavy (non-hydrogen) atoms. The summed E-state index contributed by atoms with van der Waals surface area (Å²) in [6.07, 6.45) is 2.39. The van der Waals surface area contributed by atoms with Gasteiger partial charge in [0.25, 0.3) is 0 Å². The maximum Gasteiger partial charge on any atom is 0.177 e. The third kappa shape index (κ3) is 1.61. The lowest BCUT2D eigenvalue weighted by Gasteiger charge is -2.16. The first-order valence-corrected chi connectivity index (χ1v) is 5.71. The van der Waals surface area contributed by atoms with Crippen LogP contribution in [0.5, 0.6) is 5.75 Å². The highest BCUT2D eigenvalue weighted by atomic mass is 32.1. The van der Waals surface area contributed by atoms with Gasteiger partial charge in [0.2, 0.25) is 0 Å². The summed E-state index contributed by atoms with van der Waals surface area (Å²) in [6, 6.07) is 2.10. The number of methoxy groups -OCH3 is 1. The SMILES string of the molecule is COc1c(N2CCCC2)sc(C#N)c1N. The van der Waals surface area contributed by atoms with E-state index in [1.165, 1.54) is 24.2 Å². The van der Waals surface area contributed by atoms with Crippen LogP contribution in [0, 0.1) is 11.3 Å². The van der Waals surface area contributed by atoms with E-state index in [9.17, 15) is 0 Å². The Morgan fingerprint density at radius 1 is 1.47 bits per heavy atom. The molecule has 4 nitrogen and oxygen atoms in total. The Kier molecular flexibility index (Phi) is 2.69. The highest BCUT2D eigenvalue weighted by Crippen LogP contribution is 2.45. The summed E-state index contributed by atoms with van der Waals surface area (Å²) in [5.41, 5.74) is 6.31. The molecule has 0 aromatic carbocycles. The van der Waals surface area contributed by atoms with Gasteiger partial charge >= 0.3 is 0 Å². The van der Waals surface area contributed by atoms with E-state index in [0.717, 1.165) is 18.1 Å². The number of nitrogens with two attached hydrogens (primary N) is 1. The van der Waals surface area contributed by atoms with Crippen molar-refractivity contribution < 1.29 is 4.74 Å². The third-order valence-electron chi connectivity index (χ3n) is 2.58. The molecule has 2 heterocycles. The maximum absolute atomic E-state index is 8.90. The number of ether oxygens (including phenoxy) is 1. The number of anilines is 2. The van der Waals surface area contributed by atoms with Crippen LogP contribution in [0.4, 0.5) is 10.7 Å². The van der Waals surface area contributed by atoms with Crippen molar-refractivity contribution in [3.8, 4) is 11.8 Å². The minimum absolute atomic E-state index is 0.479. The number of hydrogen-bond acceptors (Lipinski definition) is 5. The van der Waals surface area contributed by atoms with Crippen LogP contribution in [0.2, 0.25) is 0 Å². The summed E-state index contributed by atoms with van der Waals surface area (Å²) < 4.78 is 5.26. The van der Waals surface area contributed by atoms with Gasteiger partial charge in [0.1, 0.15) is 21.6 Å². The number of nitriles is 1. The van der Waals surface area contributed by atoms with Gasteiger partial charge in [-0.2, -0.15) is 5.26 Å². The minimum Gasteiger partial charge on any atom is -0.492 e. The Bertz CT molecular complexity index is 402. The van der Waals surface area contributed by atoms with Crippen LogP contribution in [0.25, 0.3) is 0 Å². The number of nitrogen functional groups attached to an aromatic ring is 1. The summed E-state index contributed by atoms with van der Waals surface area (Å²) in [5.74, 6) is 0.665. The van der Waals surface area contributed by atoms with Gasteiger partial charge in [-0.3, -0.25) is 0 Å². The van der Waals surface area contributed by atoms with E-state index in [2.05, 4.69) is 11.0 Å². The van der Waals surface area contributed by atoms with Crippen LogP contribution in [0.3, 0.4) is 0 Å². The molecule has 0 unspecified atom stereocenters. The monoisotopic (exact) mass is 223 g/mol. The molecule has 2 N–H and O–H groups in total. The van der Waals surface area contributed by atoms with Crippen LogP contribution < -0.4 is 15.4 Å². The first-order chi connectivity index (χ1) is 7.27. The van der Waals surface area contributed by atoms with Crippen LogP contribution in [0.15, 0.2) is 0 Å². The van der Waals surface area contributed by atoms with Crippen LogP contribution in [-0.2, 0) is 0 Å². The zero-order chi connectivity index (χ0) is 10.8. The van der Waals surface area contributed by atoms with Crippen molar-refractivity contribution in [2.45, 2.75) is 12.8 Å². The number of hydrogen-bond donors (Lipinski definition) is 1. The molecule has 1 aliphatic heterocycles. The van der Waals surface area contributed by atoms with Gasteiger partial charge in [0.15, 0.2) is 5.75 Å². The lowest BCUT2D eigenvalue weighted by molar-refractivity contribution is 0.419. The normalized spacial score (nSPS) is 15.3. The van der Waals surface area contributed by atoms with E-state index < -0.39 is 0 Å². The topological polar surface area (TPSA) is 62.3 Å². The van der Waals surface area contributed by atoms with E-state index in [1.807, 2.05) is 0 Å². The maximum atomic E-state index is 8.90. The molecule has 0 spiro atoms. The number of nitrogens with zero attached hydrogens (tertiary/aromatic N) is 2. The minimum atomic E-state index is 0.479. The average Bonchev–Trinajstić information content (AvgIpc) is 2.84. The molecule has 0 bridgehead atoms. The van der Waals surface area contributed by atoms with Gasteiger partial charge in [-0.1, -0.05) is 0 Å². The van der Waals surface area contributed by atoms with Gasteiger partial charge in [0, 0.05) is 13.1 Å². The van der Waals surface area contributed by atoms with Gasteiger partial charge in [0.05, 0.1) is 7.11 Å². The van der Waals surface area contributed by atoms with Gasteiger partial charge in [-0.05, 0) is 12.8 Å². The summed E-state index contributed by atoms with van der Waals surface area (Å²) in [6.45, 7) is 2.06. The summed E-state index contributed by atoms with van der Waals surface area (Å²) in [5, 5.41) is 9.90. The van der Waals surface area contributed by atoms with Crippen molar-refractivity contribution in [2.75, 3.05) is 30.8 Å². The Morgan fingerprint density at radius 2 is 2.13 bits per heavy atom. The van der Waals surface area contributed by atoms with Crippen molar-refractivity contribution in [2.24, 2.45) is 0 Å². The molecule has 0 aliphatic carbocycles. The Morgan fingerprint density at radius 3 is 2.67 bits per heavy atom. The molecule has 1 aliphatic rings. The van der Waals surface area contributed by atoms with Gasteiger partial charge < -0.3 is 15.4 Å². The molecular formula is C10H13N3OS. The highest BCUT2D eigenvalue weighted by molar-refractivity contribution is 7.17. The summed E-state index contributed by atoms with van der Waals surface area (Å²) in [4.78, 5) is 2.79. The highest BCUT2D eigenvalue weighted by Gasteiger charge is 2.23. The van der Waals surface area contributed by atoms with Crippen molar-refractivity contribution in [3.05, 3.63) is 4.88 Å². The van der Waals surface area contributed by atoms with Gasteiger partial charge in [-0.25, -0.2) is 0 Å². The molecule has 1 fully saturated rings. The lowest BCUT2D eigenvalue weighted by atomic mass is 10.3. The first kappa shape index (κ1) is 10.1. The number of rotatable bonds is 2. The molecule has 0 amide bonds. The quantitative estimate of drug-likeness (QED) is 0.830. The summed E-state index contributed by atoms with van der Waals surface area (Å²) >= 11 is 1.42. The molecular weight excluding hydrogens is 210 g/mol. The predicted molar refractivity (Wildman–Crippen MR) is 61.4 cm³/mol. The fraction of sp³-hybridized carbons (Fsp3) is 0.500. The smallest absolute Gasteiger partial charge is 0.177 e. The van der Waals surface area contributed by atoms with Crippen molar-refractivity contribution in [3.63, 3.8) is 0 Å². The molecule has 1 saturated heterocycles. The molecule has 0 atom stereocenters. The standard InChI is InChI=1S/C10H13N3OS/c1-14-9-8(12)7(6-11)15-10(9)13-4-2-3-5-13/h2-5,12H2,1H3. The molecule has 0 radical (unpaired) electrons. The first-order valence-electron chi connectivity index (χ1n) is 4.89. The van der Waals surface area contributed by atoms with Crippen molar-refractivity contribution in [1.82, 2.24) is 0 Å². The van der Waals surface area contributed by atoms with Crippen LogP contribution >= 0.6 is 11.3 Å². The zero-order valence-electron chi connectivity index (χ0n) is 8.62. The fourth-order valence-corrected chi connectivity index (χ4v) is 2.86. The summed E-state index contributed by atoms with van der Waals surface area (Å²) in [7, 11) is 1.60. The van der Waals surface area contributed by atoms with E-state index in [1.54, 1.807) is 7.11 Å². The van der Waals surface area contributed by atoms with Gasteiger partial charge in [-0.15, -0.1) is 11.3 Å². The lowest BCUT2D eigenvalue weighted by Crippen LogP contribution is -2.16. The molecule has 5 heteroatoms. The third-order valence-corrected chi connectivity index (χ3v) is 3.73. The Balaban J connectivity index is 2.41. The fourth-order valence-electron chi connectivity index (χ4n) is 1.83. The average molecular weight is 223 g/mol. The predicted octanol–water partition coefficient (Wildman–Crippen LogP) is 1.81. The molecule has 1 aromatic rings. The molecule has 2 rings (SSSR count). The number of thiophene rings is 1. The van der Waals surface area contributed by atoms with Crippen LogP contribution in [0.1, 0.15) is 17.7 Å². The Hall–Kier alpha value is -1.41. The Labute approximate surface area is 92.9 Å². The molecule has 80 valence electrons. The van der Waals surface area contributed by atoms with E-state index in [0.29, 0.717) is 16.3 Å². The molecule has 0 saturated carbocycles. The van der Waals surface area contributed by atoms with Crippen molar-refractivity contribution >= 4 is 22.0 Å².